The summed E-state index contributed by atoms with van der Waals surface area (Å²) in [5.74, 6) is 1.94. The first kappa shape index (κ1) is 15.1. The molecule has 0 amide bonds. The zero-order chi connectivity index (χ0) is 15.1. The molecule has 0 bridgehead atoms. The molecular formula is C15H20N4O2. The number of hydrogen-bond donors (Lipinski definition) is 2. The smallest absolute Gasteiger partial charge is 0.226 e. The summed E-state index contributed by atoms with van der Waals surface area (Å²) in [6.45, 7) is 3.43. The molecule has 0 unspecified atom stereocenters. The summed E-state index contributed by atoms with van der Waals surface area (Å²) >= 11 is 0. The minimum atomic E-state index is 0.180. The maximum absolute atomic E-state index is 5.74. The number of hydrogen-bond acceptors (Lipinski definition) is 6. The Bertz CT molecular complexity index is 590. The van der Waals surface area contributed by atoms with Crippen LogP contribution in [0.1, 0.15) is 18.9 Å². The number of nitrogens with zero attached hydrogens (tertiary/aromatic N) is 2. The van der Waals surface area contributed by atoms with E-state index in [1.54, 1.807) is 13.2 Å². The van der Waals surface area contributed by atoms with E-state index >= 15 is 0 Å². The van der Waals surface area contributed by atoms with Gasteiger partial charge < -0.3 is 20.5 Å². The molecule has 0 saturated heterocycles. The fourth-order valence-corrected chi connectivity index (χ4v) is 1.82. The van der Waals surface area contributed by atoms with Crippen LogP contribution < -0.4 is 15.8 Å². The van der Waals surface area contributed by atoms with Crippen molar-refractivity contribution in [1.29, 1.82) is 0 Å². The number of nitrogen functional groups attached to an aromatic ring is 1. The molecule has 0 spiro atoms. The van der Waals surface area contributed by atoms with Crippen molar-refractivity contribution >= 4 is 11.8 Å². The summed E-state index contributed by atoms with van der Waals surface area (Å²) in [5.41, 5.74) is 6.73. The average molecular weight is 288 g/mol. The lowest BCUT2D eigenvalue weighted by atomic mass is 10.2. The molecule has 2 aromatic rings. The Balaban J connectivity index is 2.14. The van der Waals surface area contributed by atoms with Gasteiger partial charge in [0.25, 0.3) is 0 Å². The van der Waals surface area contributed by atoms with Crippen molar-refractivity contribution in [3.05, 3.63) is 35.9 Å². The lowest BCUT2D eigenvalue weighted by molar-refractivity contribution is 0.184. The predicted octanol–water partition coefficient (Wildman–Crippen LogP) is 2.82. The fourth-order valence-electron chi connectivity index (χ4n) is 1.82. The van der Waals surface area contributed by atoms with Gasteiger partial charge in [0, 0.05) is 19.7 Å². The van der Waals surface area contributed by atoms with E-state index in [0.717, 1.165) is 18.5 Å². The van der Waals surface area contributed by atoms with Gasteiger partial charge in [-0.2, -0.15) is 9.97 Å². The maximum Gasteiger partial charge on any atom is 0.226 e. The molecule has 0 saturated carbocycles. The van der Waals surface area contributed by atoms with E-state index in [2.05, 4.69) is 22.2 Å². The van der Waals surface area contributed by atoms with Crippen LogP contribution in [0.2, 0.25) is 0 Å². The van der Waals surface area contributed by atoms with Crippen molar-refractivity contribution in [3.8, 4) is 11.6 Å². The Morgan fingerprint density at radius 2 is 2.10 bits per heavy atom. The largest absolute Gasteiger partial charge is 0.439 e. The molecule has 0 fully saturated rings. The Morgan fingerprint density at radius 1 is 1.24 bits per heavy atom. The molecule has 6 nitrogen and oxygen atoms in total. The fraction of sp³-hybridized carbons (Fsp3) is 0.333. The zero-order valence-electron chi connectivity index (χ0n) is 12.3. The lowest BCUT2D eigenvalue weighted by Gasteiger charge is -2.09. The number of methoxy groups -OCH3 is 1. The Hall–Kier alpha value is -2.34. The van der Waals surface area contributed by atoms with Gasteiger partial charge in [-0.05, 0) is 24.1 Å². The Labute approximate surface area is 124 Å². The van der Waals surface area contributed by atoms with Crippen molar-refractivity contribution in [2.45, 2.75) is 20.0 Å². The number of nitrogens with two attached hydrogens (primary N) is 1. The van der Waals surface area contributed by atoms with Crippen LogP contribution >= 0.6 is 0 Å². The van der Waals surface area contributed by atoms with Gasteiger partial charge in [0.15, 0.2) is 0 Å². The molecule has 0 aliphatic heterocycles. The normalized spacial score (nSPS) is 10.4. The second kappa shape index (κ2) is 7.44. The number of anilines is 2. The quantitative estimate of drug-likeness (QED) is 0.815. The maximum atomic E-state index is 5.74. The molecule has 21 heavy (non-hydrogen) atoms. The molecule has 0 aliphatic carbocycles. The highest BCUT2D eigenvalue weighted by Crippen LogP contribution is 2.23. The first-order chi connectivity index (χ1) is 10.2. The molecule has 1 aromatic carbocycles. The predicted molar refractivity (Wildman–Crippen MR) is 82.5 cm³/mol. The minimum absolute atomic E-state index is 0.180. The van der Waals surface area contributed by atoms with E-state index in [1.165, 1.54) is 0 Å². The van der Waals surface area contributed by atoms with E-state index in [4.69, 9.17) is 15.2 Å². The Kier molecular flexibility index (Phi) is 5.34. The van der Waals surface area contributed by atoms with Crippen molar-refractivity contribution < 1.29 is 9.47 Å². The van der Waals surface area contributed by atoms with E-state index in [-0.39, 0.29) is 5.95 Å². The van der Waals surface area contributed by atoms with Gasteiger partial charge in [0.2, 0.25) is 11.8 Å². The Morgan fingerprint density at radius 3 is 2.86 bits per heavy atom. The van der Waals surface area contributed by atoms with Crippen LogP contribution in [-0.2, 0) is 11.3 Å². The summed E-state index contributed by atoms with van der Waals surface area (Å²) in [4.78, 5) is 8.20. The number of benzene rings is 1. The highest BCUT2D eigenvalue weighted by atomic mass is 16.5. The first-order valence-electron chi connectivity index (χ1n) is 6.85. The van der Waals surface area contributed by atoms with Gasteiger partial charge in [-0.1, -0.05) is 19.1 Å². The summed E-state index contributed by atoms with van der Waals surface area (Å²) in [5, 5.41) is 3.16. The van der Waals surface area contributed by atoms with Crippen molar-refractivity contribution in [2.24, 2.45) is 0 Å². The van der Waals surface area contributed by atoms with Crippen LogP contribution in [0.15, 0.2) is 30.3 Å². The number of nitrogens with one attached hydrogen (secondary N) is 1. The molecular weight excluding hydrogens is 268 g/mol. The first-order valence-corrected chi connectivity index (χ1v) is 6.85. The van der Waals surface area contributed by atoms with E-state index < -0.39 is 0 Å². The standard InChI is InChI=1S/C15H20N4O2/c1-3-7-17-13-9-14(19-15(16)18-13)21-12-6-4-5-11(8-12)10-20-2/h4-6,8-9H,3,7,10H2,1-2H3,(H3,16,17,18,19). The van der Waals surface area contributed by atoms with Crippen LogP contribution in [0, 0.1) is 0 Å². The van der Waals surface area contributed by atoms with E-state index in [0.29, 0.717) is 24.1 Å². The van der Waals surface area contributed by atoms with Crippen molar-refractivity contribution in [1.82, 2.24) is 9.97 Å². The van der Waals surface area contributed by atoms with Gasteiger partial charge in [0.05, 0.1) is 6.61 Å². The molecule has 0 aliphatic rings. The highest BCUT2D eigenvalue weighted by Gasteiger charge is 2.05. The third-order valence-electron chi connectivity index (χ3n) is 2.71. The lowest BCUT2D eigenvalue weighted by Crippen LogP contribution is -2.05. The zero-order valence-corrected chi connectivity index (χ0v) is 12.3. The average Bonchev–Trinajstić information content (AvgIpc) is 2.45. The van der Waals surface area contributed by atoms with Crippen LogP contribution in [0.5, 0.6) is 11.6 Å². The molecule has 2 rings (SSSR count). The topological polar surface area (TPSA) is 82.3 Å². The summed E-state index contributed by atoms with van der Waals surface area (Å²) < 4.78 is 10.8. The molecule has 0 atom stereocenters. The second-order valence-corrected chi connectivity index (χ2v) is 4.56. The van der Waals surface area contributed by atoms with Crippen molar-refractivity contribution in [3.63, 3.8) is 0 Å². The highest BCUT2D eigenvalue weighted by molar-refractivity contribution is 5.44. The third kappa shape index (κ3) is 4.61. The van der Waals surface area contributed by atoms with Gasteiger partial charge >= 0.3 is 0 Å². The second-order valence-electron chi connectivity index (χ2n) is 4.56. The minimum Gasteiger partial charge on any atom is -0.439 e. The van der Waals surface area contributed by atoms with Crippen LogP contribution in [0.3, 0.4) is 0 Å². The van der Waals surface area contributed by atoms with Gasteiger partial charge in [0.1, 0.15) is 11.6 Å². The van der Waals surface area contributed by atoms with Gasteiger partial charge in [-0.3, -0.25) is 0 Å². The molecule has 1 heterocycles. The van der Waals surface area contributed by atoms with Crippen LogP contribution in [0.4, 0.5) is 11.8 Å². The summed E-state index contributed by atoms with van der Waals surface area (Å²) in [6.07, 6.45) is 0.999. The number of rotatable bonds is 7. The number of ether oxygens (including phenoxy) is 2. The third-order valence-corrected chi connectivity index (χ3v) is 2.71. The van der Waals surface area contributed by atoms with Crippen molar-refractivity contribution in [2.75, 3.05) is 24.7 Å². The van der Waals surface area contributed by atoms with E-state index in [1.807, 2.05) is 24.3 Å². The molecule has 6 heteroatoms. The van der Waals surface area contributed by atoms with Crippen LogP contribution in [-0.4, -0.2) is 23.6 Å². The molecule has 1 aromatic heterocycles. The summed E-state index contributed by atoms with van der Waals surface area (Å²) in [6, 6.07) is 9.37. The molecule has 112 valence electrons. The monoisotopic (exact) mass is 288 g/mol. The molecule has 3 N–H and O–H groups in total. The SMILES string of the molecule is CCCNc1cc(Oc2cccc(COC)c2)nc(N)n1. The van der Waals surface area contributed by atoms with Gasteiger partial charge in [-0.25, -0.2) is 0 Å². The van der Waals surface area contributed by atoms with Crippen LogP contribution in [0.25, 0.3) is 0 Å². The van der Waals surface area contributed by atoms with E-state index in [9.17, 15) is 0 Å². The molecule has 0 radical (unpaired) electrons. The van der Waals surface area contributed by atoms with Gasteiger partial charge in [-0.15, -0.1) is 0 Å². The summed E-state index contributed by atoms with van der Waals surface area (Å²) in [7, 11) is 1.66. The number of aromatic nitrogens is 2.